The van der Waals surface area contributed by atoms with Gasteiger partial charge in [-0.2, -0.15) is 0 Å². The van der Waals surface area contributed by atoms with E-state index < -0.39 is 0 Å². The standard InChI is InChI=1S/C14H26N2O/c1-6-9-11(4)15-14(17)12(5)16-13(8-3)10-7-2/h3,11-13,16H,6-7,9-10H2,1-2,4-5H3,(H,15,17). The summed E-state index contributed by atoms with van der Waals surface area (Å²) in [7, 11) is 0. The van der Waals surface area contributed by atoms with Crippen LogP contribution in [0.15, 0.2) is 0 Å². The van der Waals surface area contributed by atoms with Crippen LogP contribution in [0.5, 0.6) is 0 Å². The Morgan fingerprint density at radius 1 is 1.24 bits per heavy atom. The molecule has 3 atom stereocenters. The molecule has 0 rings (SSSR count). The maximum Gasteiger partial charge on any atom is 0.237 e. The lowest BCUT2D eigenvalue weighted by Gasteiger charge is -2.21. The van der Waals surface area contributed by atoms with E-state index in [1.165, 1.54) is 0 Å². The van der Waals surface area contributed by atoms with E-state index in [0.29, 0.717) is 0 Å². The lowest BCUT2D eigenvalue weighted by molar-refractivity contribution is -0.123. The highest BCUT2D eigenvalue weighted by Crippen LogP contribution is 1.99. The third-order valence-electron chi connectivity index (χ3n) is 2.73. The van der Waals surface area contributed by atoms with Crippen LogP contribution in [-0.2, 0) is 4.79 Å². The second kappa shape index (κ2) is 9.07. The summed E-state index contributed by atoms with van der Waals surface area (Å²) >= 11 is 0. The predicted molar refractivity (Wildman–Crippen MR) is 72.6 cm³/mol. The van der Waals surface area contributed by atoms with E-state index in [1.807, 2.05) is 13.8 Å². The molecule has 0 aromatic heterocycles. The van der Waals surface area contributed by atoms with Crippen molar-refractivity contribution < 1.29 is 4.79 Å². The Kier molecular flexibility index (Phi) is 8.53. The predicted octanol–water partition coefficient (Wildman–Crippen LogP) is 2.07. The van der Waals surface area contributed by atoms with Crippen molar-refractivity contribution in [1.29, 1.82) is 0 Å². The monoisotopic (exact) mass is 238 g/mol. The van der Waals surface area contributed by atoms with Gasteiger partial charge >= 0.3 is 0 Å². The molecular formula is C14H26N2O. The molecule has 0 radical (unpaired) electrons. The van der Waals surface area contributed by atoms with E-state index in [1.54, 1.807) is 0 Å². The van der Waals surface area contributed by atoms with Gasteiger partial charge in [-0.05, 0) is 26.7 Å². The number of hydrogen-bond acceptors (Lipinski definition) is 2. The minimum Gasteiger partial charge on any atom is -0.352 e. The lowest BCUT2D eigenvalue weighted by Crippen LogP contribution is -2.48. The molecule has 0 aliphatic carbocycles. The van der Waals surface area contributed by atoms with Crippen LogP contribution in [-0.4, -0.2) is 24.0 Å². The summed E-state index contributed by atoms with van der Waals surface area (Å²) < 4.78 is 0. The quantitative estimate of drug-likeness (QED) is 0.636. The van der Waals surface area contributed by atoms with E-state index in [-0.39, 0.29) is 24.0 Å². The van der Waals surface area contributed by atoms with Crippen LogP contribution in [0.3, 0.4) is 0 Å². The summed E-state index contributed by atoms with van der Waals surface area (Å²) in [6.07, 6.45) is 9.41. The molecule has 0 saturated carbocycles. The second-order valence-corrected chi connectivity index (χ2v) is 4.59. The summed E-state index contributed by atoms with van der Waals surface area (Å²) in [6.45, 7) is 8.08. The summed E-state index contributed by atoms with van der Waals surface area (Å²) in [5.74, 6) is 2.71. The van der Waals surface area contributed by atoms with Crippen LogP contribution >= 0.6 is 0 Å². The minimum atomic E-state index is -0.234. The number of nitrogens with one attached hydrogen (secondary N) is 2. The first kappa shape index (κ1) is 16.0. The fraction of sp³-hybridized carbons (Fsp3) is 0.786. The maximum atomic E-state index is 11.8. The van der Waals surface area contributed by atoms with Crippen LogP contribution < -0.4 is 10.6 Å². The Morgan fingerprint density at radius 2 is 1.82 bits per heavy atom. The first-order valence-corrected chi connectivity index (χ1v) is 6.57. The van der Waals surface area contributed by atoms with Crippen molar-refractivity contribution in [3.63, 3.8) is 0 Å². The van der Waals surface area contributed by atoms with E-state index in [2.05, 4.69) is 30.4 Å². The molecule has 3 nitrogen and oxygen atoms in total. The molecular weight excluding hydrogens is 212 g/mol. The van der Waals surface area contributed by atoms with Crippen LogP contribution in [0, 0.1) is 12.3 Å². The molecule has 0 bridgehead atoms. The number of rotatable bonds is 8. The van der Waals surface area contributed by atoms with Gasteiger partial charge in [-0.3, -0.25) is 10.1 Å². The van der Waals surface area contributed by atoms with Gasteiger partial charge in [0.25, 0.3) is 0 Å². The van der Waals surface area contributed by atoms with Crippen LogP contribution in [0.25, 0.3) is 0 Å². The second-order valence-electron chi connectivity index (χ2n) is 4.59. The van der Waals surface area contributed by atoms with Crippen molar-refractivity contribution in [2.45, 2.75) is 71.5 Å². The zero-order valence-corrected chi connectivity index (χ0v) is 11.5. The Balaban J connectivity index is 4.08. The highest BCUT2D eigenvalue weighted by molar-refractivity contribution is 5.81. The van der Waals surface area contributed by atoms with Crippen molar-refractivity contribution in [2.75, 3.05) is 0 Å². The van der Waals surface area contributed by atoms with Crippen molar-refractivity contribution in [3.05, 3.63) is 0 Å². The molecule has 0 spiro atoms. The fourth-order valence-electron chi connectivity index (χ4n) is 1.75. The molecule has 3 heteroatoms. The first-order chi connectivity index (χ1) is 8.04. The molecule has 0 saturated heterocycles. The van der Waals surface area contributed by atoms with Gasteiger partial charge in [0.2, 0.25) is 5.91 Å². The molecule has 0 aromatic rings. The first-order valence-electron chi connectivity index (χ1n) is 6.57. The zero-order chi connectivity index (χ0) is 13.3. The molecule has 98 valence electrons. The molecule has 1 amide bonds. The number of carbonyl (C=O) groups excluding carboxylic acids is 1. The smallest absolute Gasteiger partial charge is 0.237 e. The topological polar surface area (TPSA) is 41.1 Å². The molecule has 0 aliphatic heterocycles. The van der Waals surface area contributed by atoms with Gasteiger partial charge in [-0.15, -0.1) is 6.42 Å². The average Bonchev–Trinajstić information content (AvgIpc) is 2.28. The van der Waals surface area contributed by atoms with Gasteiger partial charge in [0.1, 0.15) is 0 Å². The van der Waals surface area contributed by atoms with Crippen molar-refractivity contribution in [2.24, 2.45) is 0 Å². The Labute approximate surface area is 106 Å². The van der Waals surface area contributed by atoms with Gasteiger partial charge < -0.3 is 5.32 Å². The number of carbonyl (C=O) groups is 1. The summed E-state index contributed by atoms with van der Waals surface area (Å²) in [4.78, 5) is 11.8. The van der Waals surface area contributed by atoms with Gasteiger partial charge in [0, 0.05) is 6.04 Å². The van der Waals surface area contributed by atoms with Crippen LogP contribution in [0.1, 0.15) is 53.4 Å². The molecule has 3 unspecified atom stereocenters. The molecule has 0 aromatic carbocycles. The summed E-state index contributed by atoms with van der Waals surface area (Å²) in [5, 5.41) is 6.15. The molecule has 17 heavy (non-hydrogen) atoms. The van der Waals surface area contributed by atoms with Crippen molar-refractivity contribution >= 4 is 5.91 Å². The third-order valence-corrected chi connectivity index (χ3v) is 2.73. The average molecular weight is 238 g/mol. The van der Waals surface area contributed by atoms with E-state index in [9.17, 15) is 4.79 Å². The number of terminal acetylenes is 1. The minimum absolute atomic E-state index is 0.0118. The maximum absolute atomic E-state index is 11.8. The van der Waals surface area contributed by atoms with Gasteiger partial charge in [0.05, 0.1) is 12.1 Å². The Morgan fingerprint density at radius 3 is 2.29 bits per heavy atom. The zero-order valence-electron chi connectivity index (χ0n) is 11.5. The third kappa shape index (κ3) is 7.01. The highest BCUT2D eigenvalue weighted by Gasteiger charge is 2.17. The van der Waals surface area contributed by atoms with Gasteiger partial charge in [-0.1, -0.05) is 32.6 Å². The normalized spacial score (nSPS) is 15.7. The van der Waals surface area contributed by atoms with E-state index in [0.717, 1.165) is 25.7 Å². The summed E-state index contributed by atoms with van der Waals surface area (Å²) in [5.41, 5.74) is 0. The van der Waals surface area contributed by atoms with Gasteiger partial charge in [0.15, 0.2) is 0 Å². The fourth-order valence-corrected chi connectivity index (χ4v) is 1.75. The summed E-state index contributed by atoms with van der Waals surface area (Å²) in [6, 6.07) is -0.0173. The lowest BCUT2D eigenvalue weighted by atomic mass is 10.1. The van der Waals surface area contributed by atoms with Crippen LogP contribution in [0.2, 0.25) is 0 Å². The highest BCUT2D eigenvalue weighted by atomic mass is 16.2. The largest absolute Gasteiger partial charge is 0.352 e. The van der Waals surface area contributed by atoms with E-state index >= 15 is 0 Å². The molecule has 0 aliphatic rings. The Hall–Kier alpha value is -1.01. The van der Waals surface area contributed by atoms with Crippen LogP contribution in [0.4, 0.5) is 0 Å². The number of hydrogen-bond donors (Lipinski definition) is 2. The van der Waals surface area contributed by atoms with Crippen molar-refractivity contribution in [3.8, 4) is 12.3 Å². The van der Waals surface area contributed by atoms with E-state index in [4.69, 9.17) is 6.42 Å². The molecule has 2 N–H and O–H groups in total. The molecule has 0 heterocycles. The van der Waals surface area contributed by atoms with Gasteiger partial charge in [-0.25, -0.2) is 0 Å². The Bertz CT molecular complexity index is 257. The SMILES string of the molecule is C#CC(CCC)NC(C)C(=O)NC(C)CCC. The number of amides is 1. The van der Waals surface area contributed by atoms with Crippen molar-refractivity contribution in [1.82, 2.24) is 10.6 Å². The molecule has 0 fully saturated rings.